The zero-order chi connectivity index (χ0) is 16.8. The first-order valence-electron chi connectivity index (χ1n) is 7.13. The van der Waals surface area contributed by atoms with Gasteiger partial charge in [-0.05, 0) is 18.6 Å². The normalized spacial score (nSPS) is 13.7. The monoisotopic (exact) mass is 321 g/mol. The number of ether oxygens (including phenoxy) is 2. The van der Waals surface area contributed by atoms with Crippen LogP contribution in [0, 0.1) is 0 Å². The number of carbonyl (C=O) groups excluding carboxylic acids is 3. The first-order valence-corrected chi connectivity index (χ1v) is 7.13. The van der Waals surface area contributed by atoms with Crippen LogP contribution in [0.1, 0.15) is 23.2 Å². The Bertz CT molecular complexity index is 595. The molecule has 8 heteroatoms. The number of nitrogens with one attached hydrogen (secondary N) is 2. The summed E-state index contributed by atoms with van der Waals surface area (Å²) in [4.78, 5) is 36.7. The Balaban J connectivity index is 1.91. The quantitative estimate of drug-likeness (QED) is 0.749. The molecule has 124 valence electrons. The molecule has 2 rings (SSSR count). The predicted octanol–water partition coefficient (Wildman–Crippen LogP) is 0.0872. The largest absolute Gasteiger partial charge is 0.497 e. The van der Waals surface area contributed by atoms with Crippen LogP contribution >= 0.6 is 0 Å². The number of hydrogen-bond acceptors (Lipinski definition) is 5. The van der Waals surface area contributed by atoms with E-state index in [1.165, 1.54) is 31.3 Å². The summed E-state index contributed by atoms with van der Waals surface area (Å²) in [6.45, 7) is 0.494. The first-order chi connectivity index (χ1) is 11.0. The molecule has 0 aliphatic carbocycles. The molecule has 3 amide bonds. The van der Waals surface area contributed by atoms with Crippen LogP contribution in [0.2, 0.25) is 0 Å². The topological polar surface area (TPSA) is 97.0 Å². The van der Waals surface area contributed by atoms with E-state index >= 15 is 0 Å². The van der Waals surface area contributed by atoms with E-state index < -0.39 is 11.8 Å². The van der Waals surface area contributed by atoms with Crippen molar-refractivity contribution in [2.24, 2.45) is 0 Å². The van der Waals surface area contributed by atoms with Crippen LogP contribution in [0.15, 0.2) is 18.2 Å². The second kappa shape index (κ2) is 7.48. The third-order valence-electron chi connectivity index (χ3n) is 3.43. The van der Waals surface area contributed by atoms with Gasteiger partial charge in [0.1, 0.15) is 18.0 Å². The lowest BCUT2D eigenvalue weighted by Gasteiger charge is -2.15. The lowest BCUT2D eigenvalue weighted by atomic mass is 10.2. The number of methoxy groups -OCH3 is 2. The molecule has 1 aromatic rings. The van der Waals surface area contributed by atoms with Crippen molar-refractivity contribution in [2.45, 2.75) is 12.8 Å². The third kappa shape index (κ3) is 4.35. The van der Waals surface area contributed by atoms with Gasteiger partial charge >= 0.3 is 0 Å². The summed E-state index contributed by atoms with van der Waals surface area (Å²) in [5.74, 6) is -0.0947. The van der Waals surface area contributed by atoms with E-state index in [0.717, 1.165) is 6.42 Å². The number of hydrazine groups is 1. The van der Waals surface area contributed by atoms with Crippen LogP contribution in [-0.2, 0) is 9.59 Å². The number of benzene rings is 1. The maximum Gasteiger partial charge on any atom is 0.269 e. The summed E-state index contributed by atoms with van der Waals surface area (Å²) in [6.07, 6.45) is 1.21. The van der Waals surface area contributed by atoms with Crippen LogP contribution in [-0.4, -0.2) is 49.9 Å². The summed E-state index contributed by atoms with van der Waals surface area (Å²) in [7, 11) is 2.95. The molecular weight excluding hydrogens is 302 g/mol. The molecule has 2 N–H and O–H groups in total. The molecule has 23 heavy (non-hydrogen) atoms. The van der Waals surface area contributed by atoms with Crippen molar-refractivity contribution >= 4 is 17.7 Å². The summed E-state index contributed by atoms with van der Waals surface area (Å²) < 4.78 is 10.2. The third-order valence-corrected chi connectivity index (χ3v) is 3.43. The Morgan fingerprint density at radius 1 is 1.13 bits per heavy atom. The number of amides is 3. The number of rotatable bonds is 5. The highest BCUT2D eigenvalue weighted by Gasteiger charge is 2.22. The Morgan fingerprint density at radius 3 is 2.30 bits per heavy atom. The van der Waals surface area contributed by atoms with Gasteiger partial charge in [-0.15, -0.1) is 0 Å². The van der Waals surface area contributed by atoms with Gasteiger partial charge in [-0.3, -0.25) is 25.2 Å². The Labute approximate surface area is 133 Å². The van der Waals surface area contributed by atoms with E-state index in [4.69, 9.17) is 9.47 Å². The van der Waals surface area contributed by atoms with E-state index in [1.807, 2.05) is 0 Å². The van der Waals surface area contributed by atoms with Crippen molar-refractivity contribution in [3.8, 4) is 11.5 Å². The number of hydrogen-bond donors (Lipinski definition) is 2. The summed E-state index contributed by atoms with van der Waals surface area (Å²) in [5, 5.41) is 0. The molecular formula is C15H19N3O5. The van der Waals surface area contributed by atoms with Gasteiger partial charge in [-0.25, -0.2) is 0 Å². The van der Waals surface area contributed by atoms with Crippen LogP contribution in [0.25, 0.3) is 0 Å². The number of likely N-dealkylation sites (tertiary alicyclic amines) is 1. The van der Waals surface area contributed by atoms with Gasteiger partial charge in [-0.1, -0.05) is 0 Å². The fraction of sp³-hybridized carbons (Fsp3) is 0.400. The van der Waals surface area contributed by atoms with Crippen LogP contribution in [0.4, 0.5) is 0 Å². The average molecular weight is 321 g/mol. The van der Waals surface area contributed by atoms with Crippen molar-refractivity contribution in [3.63, 3.8) is 0 Å². The van der Waals surface area contributed by atoms with Crippen LogP contribution < -0.4 is 20.3 Å². The SMILES string of the molecule is COc1cc(OC)cc(C(=O)NNC(=O)CN2CCCC2=O)c1. The fourth-order valence-corrected chi connectivity index (χ4v) is 2.22. The number of nitrogens with zero attached hydrogens (tertiary/aromatic N) is 1. The number of carbonyl (C=O) groups is 3. The van der Waals surface area contributed by atoms with Crippen molar-refractivity contribution < 1.29 is 23.9 Å². The van der Waals surface area contributed by atoms with Gasteiger partial charge in [0.15, 0.2) is 0 Å². The zero-order valence-electron chi connectivity index (χ0n) is 13.0. The molecule has 1 heterocycles. The van der Waals surface area contributed by atoms with Crippen molar-refractivity contribution in [2.75, 3.05) is 27.3 Å². The van der Waals surface area contributed by atoms with Crippen molar-refractivity contribution in [1.29, 1.82) is 0 Å². The molecule has 8 nitrogen and oxygen atoms in total. The van der Waals surface area contributed by atoms with Gasteiger partial charge in [0, 0.05) is 24.6 Å². The molecule has 0 radical (unpaired) electrons. The van der Waals surface area contributed by atoms with E-state index in [-0.39, 0.29) is 18.0 Å². The lowest BCUT2D eigenvalue weighted by molar-refractivity contribution is -0.133. The van der Waals surface area contributed by atoms with E-state index in [9.17, 15) is 14.4 Å². The van der Waals surface area contributed by atoms with E-state index in [1.54, 1.807) is 6.07 Å². The van der Waals surface area contributed by atoms with Gasteiger partial charge in [0.2, 0.25) is 5.91 Å². The van der Waals surface area contributed by atoms with Crippen molar-refractivity contribution in [3.05, 3.63) is 23.8 Å². The maximum absolute atomic E-state index is 12.1. The maximum atomic E-state index is 12.1. The molecule has 0 unspecified atom stereocenters. The molecule has 1 aliphatic rings. The molecule has 1 aromatic carbocycles. The van der Waals surface area contributed by atoms with Crippen LogP contribution in [0.3, 0.4) is 0 Å². The molecule has 0 spiro atoms. The van der Waals surface area contributed by atoms with Gasteiger partial charge in [0.05, 0.1) is 14.2 Å². The molecule has 1 saturated heterocycles. The zero-order valence-corrected chi connectivity index (χ0v) is 13.0. The Kier molecular flexibility index (Phi) is 5.40. The predicted molar refractivity (Wildman–Crippen MR) is 81.0 cm³/mol. The molecule has 0 aromatic heterocycles. The molecule has 0 atom stereocenters. The van der Waals surface area contributed by atoms with Gasteiger partial charge in [-0.2, -0.15) is 0 Å². The second-order valence-corrected chi connectivity index (χ2v) is 5.02. The Morgan fingerprint density at radius 2 is 1.78 bits per heavy atom. The molecule has 0 saturated carbocycles. The standard InChI is InChI=1S/C15H19N3O5/c1-22-11-6-10(7-12(8-11)23-2)15(21)17-16-13(19)9-18-5-3-4-14(18)20/h6-8H,3-5,9H2,1-2H3,(H,16,19)(H,17,21). The summed E-state index contributed by atoms with van der Waals surface area (Å²) >= 11 is 0. The second-order valence-electron chi connectivity index (χ2n) is 5.02. The van der Waals surface area contributed by atoms with Gasteiger partial charge in [0.25, 0.3) is 11.8 Å². The highest BCUT2D eigenvalue weighted by atomic mass is 16.5. The minimum atomic E-state index is -0.511. The first kappa shape index (κ1) is 16.6. The smallest absolute Gasteiger partial charge is 0.269 e. The molecule has 1 fully saturated rings. The molecule has 0 bridgehead atoms. The summed E-state index contributed by atoms with van der Waals surface area (Å²) in [6, 6.07) is 4.68. The van der Waals surface area contributed by atoms with E-state index in [0.29, 0.717) is 24.5 Å². The fourth-order valence-electron chi connectivity index (χ4n) is 2.22. The van der Waals surface area contributed by atoms with E-state index in [2.05, 4.69) is 10.9 Å². The average Bonchev–Trinajstić information content (AvgIpc) is 2.96. The Hall–Kier alpha value is -2.77. The highest BCUT2D eigenvalue weighted by Crippen LogP contribution is 2.22. The highest BCUT2D eigenvalue weighted by molar-refractivity contribution is 5.96. The van der Waals surface area contributed by atoms with Crippen LogP contribution in [0.5, 0.6) is 11.5 Å². The summed E-state index contributed by atoms with van der Waals surface area (Å²) in [5.41, 5.74) is 4.87. The minimum absolute atomic E-state index is 0.0518. The lowest BCUT2D eigenvalue weighted by Crippen LogP contribution is -2.46. The minimum Gasteiger partial charge on any atom is -0.497 e. The molecule has 1 aliphatic heterocycles. The van der Waals surface area contributed by atoms with Crippen molar-refractivity contribution in [1.82, 2.24) is 15.8 Å². The van der Waals surface area contributed by atoms with Gasteiger partial charge < -0.3 is 14.4 Å².